The van der Waals surface area contributed by atoms with Crippen molar-refractivity contribution >= 4 is 29.1 Å². The summed E-state index contributed by atoms with van der Waals surface area (Å²) in [6.07, 6.45) is 0.867. The quantitative estimate of drug-likeness (QED) is 0.762. The Balaban J connectivity index is 2.05. The second-order valence-electron chi connectivity index (χ2n) is 4.72. The minimum absolute atomic E-state index is 0.117. The van der Waals surface area contributed by atoms with E-state index in [0.717, 1.165) is 6.42 Å². The molecular weight excluding hydrogens is 294 g/mol. The molecule has 2 rings (SSSR count). The predicted octanol–water partition coefficient (Wildman–Crippen LogP) is 1.16. The topological polar surface area (TPSA) is 79.5 Å². The van der Waals surface area contributed by atoms with Gasteiger partial charge in [-0.05, 0) is 24.6 Å². The van der Waals surface area contributed by atoms with Crippen molar-refractivity contribution in [3.05, 3.63) is 23.2 Å². The molecule has 6 nitrogen and oxygen atoms in total. The maximum atomic E-state index is 12.2. The van der Waals surface area contributed by atoms with E-state index in [1.54, 1.807) is 18.2 Å². The van der Waals surface area contributed by atoms with Gasteiger partial charge in [0.2, 0.25) is 11.8 Å². The van der Waals surface area contributed by atoms with Crippen LogP contribution in [0.5, 0.6) is 5.75 Å². The number of piperazine rings is 1. The van der Waals surface area contributed by atoms with Crippen molar-refractivity contribution in [1.29, 1.82) is 0 Å². The average molecular weight is 312 g/mol. The van der Waals surface area contributed by atoms with Gasteiger partial charge in [0.05, 0.1) is 18.8 Å². The van der Waals surface area contributed by atoms with E-state index in [9.17, 15) is 9.59 Å². The van der Waals surface area contributed by atoms with Crippen LogP contribution in [0, 0.1) is 0 Å². The van der Waals surface area contributed by atoms with E-state index in [1.807, 2.05) is 6.92 Å². The molecule has 21 heavy (non-hydrogen) atoms. The Morgan fingerprint density at radius 3 is 3.00 bits per heavy atom. The van der Waals surface area contributed by atoms with Crippen LogP contribution in [0.25, 0.3) is 0 Å². The Morgan fingerprint density at radius 1 is 1.52 bits per heavy atom. The van der Waals surface area contributed by atoms with Gasteiger partial charge in [0.25, 0.3) is 0 Å². The van der Waals surface area contributed by atoms with E-state index in [0.29, 0.717) is 23.1 Å². The third-order valence-electron chi connectivity index (χ3n) is 2.99. The smallest absolute Gasteiger partial charge is 0.243 e. The van der Waals surface area contributed by atoms with E-state index >= 15 is 0 Å². The zero-order valence-electron chi connectivity index (χ0n) is 11.7. The molecule has 0 bridgehead atoms. The van der Waals surface area contributed by atoms with Crippen LogP contribution < -0.4 is 20.7 Å². The first-order valence-electron chi connectivity index (χ1n) is 6.83. The number of benzene rings is 1. The predicted molar refractivity (Wildman–Crippen MR) is 80.7 cm³/mol. The molecule has 1 unspecified atom stereocenters. The molecule has 0 spiro atoms. The van der Waals surface area contributed by atoms with Crippen molar-refractivity contribution < 1.29 is 14.3 Å². The van der Waals surface area contributed by atoms with Gasteiger partial charge in [-0.3, -0.25) is 14.9 Å². The lowest BCUT2D eigenvalue weighted by Gasteiger charge is -2.23. The molecule has 2 amide bonds. The lowest BCUT2D eigenvalue weighted by molar-refractivity contribution is -0.124. The molecule has 0 radical (unpaired) electrons. The Hall–Kier alpha value is -1.79. The van der Waals surface area contributed by atoms with Crippen molar-refractivity contribution in [2.45, 2.75) is 19.4 Å². The number of carbonyl (C=O) groups excluding carboxylic acids is 2. The average Bonchev–Trinajstić information content (AvgIpc) is 2.47. The standard InChI is InChI=1S/C14H18ClN3O3/c1-2-5-21-12-4-3-9(15)6-10(12)18-14(20)11-7-17-13(19)8-16-11/h3-4,6,11,16H,2,5,7-8H2,1H3,(H,17,19)(H,18,20). The summed E-state index contributed by atoms with van der Waals surface area (Å²) in [6, 6.07) is 4.61. The molecule has 1 heterocycles. The molecule has 1 fully saturated rings. The molecule has 114 valence electrons. The van der Waals surface area contributed by atoms with Gasteiger partial charge < -0.3 is 15.4 Å². The summed E-state index contributed by atoms with van der Waals surface area (Å²) in [7, 11) is 0. The van der Waals surface area contributed by atoms with Crippen LogP contribution in [0.1, 0.15) is 13.3 Å². The number of hydrogen-bond donors (Lipinski definition) is 3. The molecule has 1 saturated heterocycles. The van der Waals surface area contributed by atoms with Gasteiger partial charge in [0.1, 0.15) is 11.8 Å². The summed E-state index contributed by atoms with van der Waals surface area (Å²) >= 11 is 5.96. The van der Waals surface area contributed by atoms with Crippen LogP contribution in [0.2, 0.25) is 5.02 Å². The van der Waals surface area contributed by atoms with Gasteiger partial charge in [0.15, 0.2) is 0 Å². The normalized spacial score (nSPS) is 18.0. The number of carbonyl (C=O) groups is 2. The number of anilines is 1. The van der Waals surface area contributed by atoms with Crippen LogP contribution in [0.15, 0.2) is 18.2 Å². The van der Waals surface area contributed by atoms with Gasteiger partial charge in [-0.25, -0.2) is 0 Å². The van der Waals surface area contributed by atoms with E-state index in [-0.39, 0.29) is 24.9 Å². The fraction of sp³-hybridized carbons (Fsp3) is 0.429. The first kappa shape index (κ1) is 15.6. The molecule has 0 aromatic heterocycles. The Kier molecular flexibility index (Phi) is 5.41. The number of nitrogens with one attached hydrogen (secondary N) is 3. The number of hydrogen-bond acceptors (Lipinski definition) is 4. The van der Waals surface area contributed by atoms with Crippen molar-refractivity contribution in [1.82, 2.24) is 10.6 Å². The molecule has 1 aromatic carbocycles. The number of halogens is 1. The second kappa shape index (κ2) is 7.28. The van der Waals surface area contributed by atoms with Gasteiger partial charge in [-0.1, -0.05) is 18.5 Å². The molecule has 1 aliphatic heterocycles. The summed E-state index contributed by atoms with van der Waals surface area (Å²) < 4.78 is 5.58. The second-order valence-corrected chi connectivity index (χ2v) is 5.15. The van der Waals surface area contributed by atoms with Gasteiger partial charge >= 0.3 is 0 Å². The van der Waals surface area contributed by atoms with Crippen LogP contribution in [0.4, 0.5) is 5.69 Å². The fourth-order valence-electron chi connectivity index (χ4n) is 1.91. The SMILES string of the molecule is CCCOc1ccc(Cl)cc1NC(=O)C1CNC(=O)CN1. The minimum Gasteiger partial charge on any atom is -0.491 e. The Morgan fingerprint density at radius 2 is 2.33 bits per heavy atom. The van der Waals surface area contributed by atoms with Crippen LogP contribution in [-0.2, 0) is 9.59 Å². The number of ether oxygens (including phenoxy) is 1. The van der Waals surface area contributed by atoms with E-state index in [2.05, 4.69) is 16.0 Å². The molecule has 0 aliphatic carbocycles. The highest BCUT2D eigenvalue weighted by atomic mass is 35.5. The number of amides is 2. The minimum atomic E-state index is -0.472. The Labute approximate surface area is 128 Å². The summed E-state index contributed by atoms with van der Waals surface area (Å²) in [4.78, 5) is 23.3. The highest BCUT2D eigenvalue weighted by molar-refractivity contribution is 6.31. The van der Waals surface area contributed by atoms with Crippen molar-refractivity contribution in [3.63, 3.8) is 0 Å². The number of rotatable bonds is 5. The Bertz CT molecular complexity index is 526. The summed E-state index contributed by atoms with van der Waals surface area (Å²) in [5.74, 6) is 0.224. The molecule has 1 aromatic rings. The molecule has 7 heteroatoms. The largest absolute Gasteiger partial charge is 0.491 e. The van der Waals surface area contributed by atoms with Crippen molar-refractivity contribution in [2.75, 3.05) is 25.0 Å². The lowest BCUT2D eigenvalue weighted by Crippen LogP contribution is -2.56. The molecular formula is C14H18ClN3O3. The zero-order chi connectivity index (χ0) is 15.2. The van der Waals surface area contributed by atoms with Crippen LogP contribution in [0.3, 0.4) is 0 Å². The van der Waals surface area contributed by atoms with Crippen LogP contribution in [-0.4, -0.2) is 37.6 Å². The summed E-state index contributed by atoms with van der Waals surface area (Å²) in [6.45, 7) is 2.95. The van der Waals surface area contributed by atoms with Gasteiger partial charge in [0, 0.05) is 11.6 Å². The third kappa shape index (κ3) is 4.34. The maximum absolute atomic E-state index is 12.2. The van der Waals surface area contributed by atoms with E-state index < -0.39 is 6.04 Å². The lowest BCUT2D eigenvalue weighted by atomic mass is 10.2. The maximum Gasteiger partial charge on any atom is 0.243 e. The molecule has 1 aliphatic rings. The first-order valence-corrected chi connectivity index (χ1v) is 7.21. The highest BCUT2D eigenvalue weighted by Gasteiger charge is 2.24. The summed E-state index contributed by atoms with van der Waals surface area (Å²) in [5.41, 5.74) is 0.527. The first-order chi connectivity index (χ1) is 10.1. The van der Waals surface area contributed by atoms with Gasteiger partial charge in [-0.2, -0.15) is 0 Å². The summed E-state index contributed by atoms with van der Waals surface area (Å²) in [5, 5.41) is 8.80. The molecule has 0 saturated carbocycles. The highest BCUT2D eigenvalue weighted by Crippen LogP contribution is 2.28. The van der Waals surface area contributed by atoms with E-state index in [4.69, 9.17) is 16.3 Å². The monoisotopic (exact) mass is 311 g/mol. The van der Waals surface area contributed by atoms with Crippen molar-refractivity contribution in [3.8, 4) is 5.75 Å². The van der Waals surface area contributed by atoms with Gasteiger partial charge in [-0.15, -0.1) is 0 Å². The van der Waals surface area contributed by atoms with Crippen molar-refractivity contribution in [2.24, 2.45) is 0 Å². The molecule has 1 atom stereocenters. The molecule has 3 N–H and O–H groups in total. The zero-order valence-corrected chi connectivity index (χ0v) is 12.5. The fourth-order valence-corrected chi connectivity index (χ4v) is 2.08. The van der Waals surface area contributed by atoms with E-state index in [1.165, 1.54) is 0 Å². The van der Waals surface area contributed by atoms with Crippen LogP contribution >= 0.6 is 11.6 Å². The third-order valence-corrected chi connectivity index (χ3v) is 3.23.